The summed E-state index contributed by atoms with van der Waals surface area (Å²) in [4.78, 5) is 88.9. The zero-order chi connectivity index (χ0) is 47.7. The number of carbonyl (C=O) groups excluding carboxylic acids is 6. The van der Waals surface area contributed by atoms with E-state index in [1.165, 1.54) is 27.7 Å². The van der Waals surface area contributed by atoms with E-state index in [4.69, 9.17) is 0 Å². The predicted molar refractivity (Wildman–Crippen MR) is 217 cm³/mol. The molecule has 66 heavy (non-hydrogen) atoms. The quantitative estimate of drug-likeness (QED) is 0.158. The molecule has 2 aliphatic rings. The third-order valence-electron chi connectivity index (χ3n) is 11.7. The number of carboxylic acids is 6. The summed E-state index contributed by atoms with van der Waals surface area (Å²) in [6, 6.07) is 5.05. The van der Waals surface area contributed by atoms with Crippen LogP contribution in [-0.2, 0) is 54.9 Å². The van der Waals surface area contributed by atoms with Gasteiger partial charge in [-0.15, -0.1) is 0 Å². The maximum atomic E-state index is 11.8. The number of nitrogens with zero attached hydrogens (tertiary/aromatic N) is 8. The predicted octanol–water partition coefficient (Wildman–Crippen LogP) is -8.77. The van der Waals surface area contributed by atoms with E-state index in [2.05, 4.69) is 20.6 Å². The van der Waals surface area contributed by atoms with Crippen LogP contribution in [0, 0.1) is 79.9 Å². The van der Waals surface area contributed by atoms with Gasteiger partial charge in [-0.1, -0.05) is 12.1 Å². The van der Waals surface area contributed by atoms with Crippen LogP contribution in [0.25, 0.3) is 0 Å². The van der Waals surface area contributed by atoms with Gasteiger partial charge in [-0.25, -0.2) is 0 Å². The van der Waals surface area contributed by atoms with Crippen molar-refractivity contribution in [3.8, 4) is 0 Å². The third-order valence-corrected chi connectivity index (χ3v) is 11.7. The Hall–Kier alpha value is -2.55. The topological polar surface area (TPSA) is 310 Å². The van der Waals surface area contributed by atoms with Crippen molar-refractivity contribution in [2.24, 2.45) is 0 Å². The standard InChI is InChI=1S/2C21H33N5O6.2Gd/c1-14(19(27)28)25-9-7-24(18(11-22-3)21(31)32)8-10-26(15(2)20(29)30)13-17-6-4-5-16(12-25)23-17;1-14(19(27)28)24-7-9-25(15(2)20(29)30)12-16-5-4-6-17(23-16)13-26(10-8-24)18(11-22-3)21(31)32;;/h2*4-6,14-15,18,22H,7-13H2,1-3H3,(H,27,28)(H,29,30)(H,31,32);;/q;;2*+3/p-6. The molecule has 366 valence electrons. The van der Waals surface area contributed by atoms with Crippen LogP contribution < -0.4 is 41.3 Å². The molecule has 0 saturated heterocycles. The summed E-state index contributed by atoms with van der Waals surface area (Å²) in [5, 5.41) is 75.4. The van der Waals surface area contributed by atoms with Gasteiger partial charge in [0.2, 0.25) is 0 Å². The number of hydrogen-bond donors (Lipinski definition) is 2. The van der Waals surface area contributed by atoms with E-state index in [1.54, 1.807) is 79.9 Å². The van der Waals surface area contributed by atoms with E-state index in [0.717, 1.165) is 0 Å². The maximum Gasteiger partial charge on any atom is 3.00 e. The van der Waals surface area contributed by atoms with Crippen LogP contribution in [0.3, 0.4) is 0 Å². The summed E-state index contributed by atoms with van der Waals surface area (Å²) in [6.45, 7) is 9.06. The fourth-order valence-corrected chi connectivity index (χ4v) is 7.47. The van der Waals surface area contributed by atoms with E-state index in [-0.39, 0.29) is 172 Å². The molecule has 4 rings (SSSR count). The van der Waals surface area contributed by atoms with Crippen molar-refractivity contribution in [1.82, 2.24) is 50.0 Å². The van der Waals surface area contributed by atoms with Crippen molar-refractivity contribution in [2.45, 2.75) is 90.1 Å². The second-order valence-electron chi connectivity index (χ2n) is 16.0. The molecule has 0 spiro atoms. The number of rotatable bonds is 16. The van der Waals surface area contributed by atoms with Crippen LogP contribution in [0.15, 0.2) is 36.4 Å². The Morgan fingerprint density at radius 1 is 0.439 bits per heavy atom. The third kappa shape index (κ3) is 19.4. The minimum atomic E-state index is -1.27. The Kier molecular flexibility index (Phi) is 28.7. The smallest absolute Gasteiger partial charge is 0.548 e. The molecule has 4 bridgehead atoms. The molecule has 4 heterocycles. The second kappa shape index (κ2) is 30.8. The fourth-order valence-electron chi connectivity index (χ4n) is 7.47. The minimum Gasteiger partial charge on any atom is -0.548 e. The molecule has 22 nitrogen and oxygen atoms in total. The molecule has 6 atom stereocenters. The molecule has 0 saturated carbocycles. The SMILES string of the molecule is CNCC(C(=O)[O-])N1CCN(C(C)C(=O)[O-])CCN(C(C)C(=O)[O-])Cc2cccc(n2)C1.CNCC(C(=O)[O-])N1CCN(C(C)C(=O)[O-])Cc2cccc(n2)CN(C(C)C(=O)[O-])CC1.[Gd+3].[Gd+3]. The number of fused-ring (bicyclic) bond motifs is 4. The normalized spacial score (nSPS) is 19.2. The van der Waals surface area contributed by atoms with E-state index in [1.807, 2.05) is 0 Å². The van der Waals surface area contributed by atoms with Gasteiger partial charge in [0.1, 0.15) is 0 Å². The summed E-state index contributed by atoms with van der Waals surface area (Å²) in [7, 11) is 3.27. The number of nitrogens with one attached hydrogen (secondary N) is 2. The Bertz CT molecular complexity index is 1840. The van der Waals surface area contributed by atoms with E-state index >= 15 is 0 Å². The summed E-state index contributed by atoms with van der Waals surface area (Å²) in [5.41, 5.74) is 2.48. The molecule has 0 amide bonds. The number of hydrogen-bond acceptors (Lipinski definition) is 22. The first-order chi connectivity index (χ1) is 30.3. The van der Waals surface area contributed by atoms with Gasteiger partial charge >= 0.3 is 79.9 Å². The summed E-state index contributed by atoms with van der Waals surface area (Å²) >= 11 is 0. The van der Waals surface area contributed by atoms with E-state index in [9.17, 15) is 59.4 Å². The molecule has 2 radical (unpaired) electrons. The Morgan fingerprint density at radius 2 is 0.682 bits per heavy atom. The molecular weight excluding hydrogens is 1150 g/mol. The van der Waals surface area contributed by atoms with Gasteiger partial charge in [0.05, 0.1) is 70.7 Å². The summed E-state index contributed by atoms with van der Waals surface area (Å²) in [5.74, 6) is -7.47. The molecule has 0 fully saturated rings. The molecular formula is C42H60Gd2N10O12. The van der Waals surface area contributed by atoms with Crippen LogP contribution >= 0.6 is 0 Å². The van der Waals surface area contributed by atoms with Crippen LogP contribution in [0.4, 0.5) is 0 Å². The van der Waals surface area contributed by atoms with Crippen molar-refractivity contribution in [1.29, 1.82) is 0 Å². The van der Waals surface area contributed by atoms with Gasteiger partial charge in [0.25, 0.3) is 0 Å². The molecule has 0 aliphatic carbocycles. The van der Waals surface area contributed by atoms with Crippen LogP contribution in [-0.4, -0.2) is 191 Å². The van der Waals surface area contributed by atoms with Crippen molar-refractivity contribution in [3.05, 3.63) is 59.2 Å². The average Bonchev–Trinajstić information content (AvgIpc) is 3.24. The largest absolute Gasteiger partial charge is 3.00 e. The van der Waals surface area contributed by atoms with Crippen molar-refractivity contribution in [2.75, 3.05) is 79.5 Å². The number of aliphatic carboxylic acids is 6. The molecule has 2 aromatic rings. The Morgan fingerprint density at radius 3 is 0.970 bits per heavy atom. The monoisotopic (exact) mass is 1210 g/mol. The number of carboxylic acid groups (broad SMARTS) is 6. The van der Waals surface area contributed by atoms with Crippen LogP contribution in [0.2, 0.25) is 0 Å². The van der Waals surface area contributed by atoms with E-state index < -0.39 is 72.1 Å². The zero-order valence-electron chi connectivity index (χ0n) is 38.0. The first-order valence-electron chi connectivity index (χ1n) is 21.2. The number of likely N-dealkylation sites (N-methyl/N-ethyl adjacent to an activating group) is 2. The van der Waals surface area contributed by atoms with Gasteiger partial charge in [0, 0.05) is 116 Å². The Balaban J connectivity index is 0.000000641. The van der Waals surface area contributed by atoms with Gasteiger partial charge < -0.3 is 70.0 Å². The number of pyridine rings is 2. The first-order valence-corrected chi connectivity index (χ1v) is 21.2. The molecule has 2 aliphatic heterocycles. The second-order valence-corrected chi connectivity index (χ2v) is 16.0. The maximum absolute atomic E-state index is 11.8. The molecule has 6 unspecified atom stereocenters. The van der Waals surface area contributed by atoms with Gasteiger partial charge in [-0.3, -0.25) is 39.4 Å². The van der Waals surface area contributed by atoms with E-state index in [0.29, 0.717) is 22.8 Å². The van der Waals surface area contributed by atoms with Crippen LogP contribution in [0.5, 0.6) is 0 Å². The summed E-state index contributed by atoms with van der Waals surface area (Å²) < 4.78 is 0. The molecule has 24 heteroatoms. The van der Waals surface area contributed by atoms with Crippen molar-refractivity contribution < 1.29 is 139 Å². The van der Waals surface area contributed by atoms with Crippen molar-refractivity contribution in [3.63, 3.8) is 0 Å². The average molecular weight is 1210 g/mol. The molecule has 2 aromatic heterocycles. The first kappa shape index (κ1) is 61.5. The molecule has 0 aromatic carbocycles. The Labute approximate surface area is 449 Å². The van der Waals surface area contributed by atoms with Gasteiger partial charge in [-0.05, 0) is 66.1 Å². The zero-order valence-corrected chi connectivity index (χ0v) is 42.5. The number of carbonyl (C=O) groups is 6. The van der Waals surface area contributed by atoms with Crippen molar-refractivity contribution >= 4 is 35.8 Å². The van der Waals surface area contributed by atoms with Gasteiger partial charge in [-0.2, -0.15) is 0 Å². The fraction of sp³-hybridized carbons (Fsp3) is 0.619. The van der Waals surface area contributed by atoms with Crippen LogP contribution in [0.1, 0.15) is 50.5 Å². The number of aromatic nitrogens is 2. The minimum absolute atomic E-state index is 0. The molecule has 2 N–H and O–H groups in total. The van der Waals surface area contributed by atoms with Gasteiger partial charge in [0.15, 0.2) is 0 Å². The summed E-state index contributed by atoms with van der Waals surface area (Å²) in [6.07, 6.45) is 0.